The molecule has 2 fully saturated rings. The number of carbonyl (C=O) groups excluding carboxylic acids is 1. The Morgan fingerprint density at radius 2 is 1.54 bits per heavy atom. The molecule has 0 spiro atoms. The second-order valence-electron chi connectivity index (χ2n) is 7.89. The predicted octanol–water partition coefficient (Wildman–Crippen LogP) is 3.83. The van der Waals surface area contributed by atoms with Crippen molar-refractivity contribution in [1.29, 1.82) is 0 Å². The first-order valence-electron chi connectivity index (χ1n) is 10.6. The van der Waals surface area contributed by atoms with Gasteiger partial charge in [0, 0.05) is 44.6 Å². The van der Waals surface area contributed by atoms with Crippen LogP contribution in [0.25, 0.3) is 0 Å². The molecule has 0 radical (unpaired) electrons. The number of amides is 2. The summed E-state index contributed by atoms with van der Waals surface area (Å²) in [6.07, 6.45) is 10.3. The minimum atomic E-state index is -0.159. The highest BCUT2D eigenvalue weighted by atomic mass is 16.2. The average molecular weight is 379 g/mol. The van der Waals surface area contributed by atoms with Gasteiger partial charge in [-0.25, -0.2) is 4.79 Å². The number of carbonyl (C=O) groups is 1. The van der Waals surface area contributed by atoms with E-state index < -0.39 is 0 Å². The molecule has 1 N–H and O–H groups in total. The number of benzene rings is 1. The molecule has 1 saturated heterocycles. The molecule has 1 aliphatic heterocycles. The van der Waals surface area contributed by atoms with E-state index in [4.69, 9.17) is 0 Å². The van der Waals surface area contributed by atoms with Gasteiger partial charge in [-0.05, 0) is 36.1 Å². The van der Waals surface area contributed by atoms with E-state index in [0.717, 1.165) is 43.3 Å². The molecule has 1 aromatic carbocycles. The fraction of sp³-hybridized carbons (Fsp3) is 0.478. The number of hydrogen-bond acceptors (Lipinski definition) is 3. The van der Waals surface area contributed by atoms with Crippen molar-refractivity contribution in [2.45, 2.75) is 44.2 Å². The van der Waals surface area contributed by atoms with E-state index in [-0.39, 0.29) is 12.1 Å². The van der Waals surface area contributed by atoms with E-state index in [9.17, 15) is 4.79 Å². The second kappa shape index (κ2) is 9.20. The smallest absolute Gasteiger partial charge is 0.318 e. The molecular weight excluding hydrogens is 348 g/mol. The molecule has 1 atom stereocenters. The standard InChI is InChI=1S/C23H30N4O/c28-23(27-17-15-26(16-18-27)21-9-5-2-6-10-21)25-22(19-7-3-1-4-8-19)20-11-13-24-14-12-20/h1,3-4,7-8,11-14,21-22H,2,5-6,9-10,15-18H2,(H,25,28). The quantitative estimate of drug-likeness (QED) is 0.880. The molecule has 1 unspecified atom stereocenters. The van der Waals surface area contributed by atoms with Crippen molar-refractivity contribution in [3.05, 3.63) is 66.0 Å². The zero-order valence-corrected chi connectivity index (χ0v) is 16.5. The summed E-state index contributed by atoms with van der Waals surface area (Å²) in [7, 11) is 0. The van der Waals surface area contributed by atoms with Gasteiger partial charge in [0.1, 0.15) is 0 Å². The SMILES string of the molecule is O=C(NC(c1ccccc1)c1ccncc1)N1CCN(C2CCCCC2)CC1. The molecule has 2 aliphatic rings. The number of urea groups is 1. The Kier molecular flexibility index (Phi) is 6.22. The highest BCUT2D eigenvalue weighted by Gasteiger charge is 2.28. The van der Waals surface area contributed by atoms with Crippen LogP contribution >= 0.6 is 0 Å². The number of pyridine rings is 1. The summed E-state index contributed by atoms with van der Waals surface area (Å²) in [5.74, 6) is 0. The zero-order chi connectivity index (χ0) is 19.2. The summed E-state index contributed by atoms with van der Waals surface area (Å²) in [5.41, 5.74) is 2.14. The Hall–Kier alpha value is -2.40. The predicted molar refractivity (Wildman–Crippen MR) is 111 cm³/mol. The molecule has 148 valence electrons. The summed E-state index contributed by atoms with van der Waals surface area (Å²) < 4.78 is 0. The molecule has 2 aromatic rings. The molecular formula is C23H30N4O. The summed E-state index contributed by atoms with van der Waals surface area (Å²) in [6, 6.07) is 14.7. The van der Waals surface area contributed by atoms with E-state index in [1.54, 1.807) is 12.4 Å². The second-order valence-corrected chi connectivity index (χ2v) is 7.89. The van der Waals surface area contributed by atoms with Gasteiger partial charge in [0.15, 0.2) is 0 Å². The lowest BCUT2D eigenvalue weighted by atomic mass is 9.94. The largest absolute Gasteiger partial charge is 0.327 e. The van der Waals surface area contributed by atoms with E-state index in [1.165, 1.54) is 32.1 Å². The number of nitrogens with zero attached hydrogens (tertiary/aromatic N) is 3. The summed E-state index contributed by atoms with van der Waals surface area (Å²) in [4.78, 5) is 21.7. The van der Waals surface area contributed by atoms with E-state index >= 15 is 0 Å². The topological polar surface area (TPSA) is 48.5 Å². The monoisotopic (exact) mass is 378 g/mol. The molecule has 5 nitrogen and oxygen atoms in total. The van der Waals surface area contributed by atoms with Crippen LogP contribution < -0.4 is 5.32 Å². The van der Waals surface area contributed by atoms with Crippen LogP contribution in [0.4, 0.5) is 4.79 Å². The van der Waals surface area contributed by atoms with Crippen LogP contribution in [-0.4, -0.2) is 53.0 Å². The maximum absolute atomic E-state index is 13.0. The average Bonchev–Trinajstić information content (AvgIpc) is 2.79. The van der Waals surface area contributed by atoms with Crippen LogP contribution in [0.3, 0.4) is 0 Å². The van der Waals surface area contributed by atoms with Crippen LogP contribution in [0.1, 0.15) is 49.3 Å². The molecule has 1 aliphatic carbocycles. The maximum Gasteiger partial charge on any atom is 0.318 e. The molecule has 5 heteroatoms. The van der Waals surface area contributed by atoms with Crippen molar-refractivity contribution in [3.63, 3.8) is 0 Å². The summed E-state index contributed by atoms with van der Waals surface area (Å²) in [5, 5.41) is 3.25. The van der Waals surface area contributed by atoms with Crippen molar-refractivity contribution in [2.75, 3.05) is 26.2 Å². The van der Waals surface area contributed by atoms with Crippen LogP contribution in [0, 0.1) is 0 Å². The Balaban J connectivity index is 1.40. The van der Waals surface area contributed by atoms with Gasteiger partial charge in [-0.3, -0.25) is 9.88 Å². The number of aromatic nitrogens is 1. The first-order valence-corrected chi connectivity index (χ1v) is 10.6. The Labute approximate surface area is 167 Å². The minimum absolute atomic E-state index is 0.0222. The lowest BCUT2D eigenvalue weighted by Crippen LogP contribution is -2.54. The number of nitrogens with one attached hydrogen (secondary N) is 1. The Morgan fingerprint density at radius 3 is 2.21 bits per heavy atom. The molecule has 2 heterocycles. The highest BCUT2D eigenvalue weighted by Crippen LogP contribution is 2.24. The van der Waals surface area contributed by atoms with Gasteiger partial charge in [0.25, 0.3) is 0 Å². The molecule has 28 heavy (non-hydrogen) atoms. The van der Waals surface area contributed by atoms with Crippen LogP contribution in [0.15, 0.2) is 54.9 Å². The van der Waals surface area contributed by atoms with Gasteiger partial charge in [-0.1, -0.05) is 49.6 Å². The Morgan fingerprint density at radius 1 is 0.893 bits per heavy atom. The fourth-order valence-corrected chi connectivity index (χ4v) is 4.51. The highest BCUT2D eigenvalue weighted by molar-refractivity contribution is 5.75. The third kappa shape index (κ3) is 4.53. The number of hydrogen-bond donors (Lipinski definition) is 1. The first kappa shape index (κ1) is 18.9. The van der Waals surface area contributed by atoms with Crippen molar-refractivity contribution < 1.29 is 4.79 Å². The van der Waals surface area contributed by atoms with Crippen LogP contribution in [0.5, 0.6) is 0 Å². The minimum Gasteiger partial charge on any atom is -0.327 e. The zero-order valence-electron chi connectivity index (χ0n) is 16.5. The molecule has 4 rings (SSSR count). The fourth-order valence-electron chi connectivity index (χ4n) is 4.51. The molecule has 2 amide bonds. The first-order chi connectivity index (χ1) is 13.8. The normalized spacial score (nSPS) is 19.9. The summed E-state index contributed by atoms with van der Waals surface area (Å²) in [6.45, 7) is 3.59. The number of piperazine rings is 1. The van der Waals surface area contributed by atoms with Gasteiger partial charge in [-0.2, -0.15) is 0 Å². The van der Waals surface area contributed by atoms with Crippen LogP contribution in [0.2, 0.25) is 0 Å². The van der Waals surface area contributed by atoms with Gasteiger partial charge >= 0.3 is 6.03 Å². The molecule has 1 saturated carbocycles. The van der Waals surface area contributed by atoms with Crippen molar-refractivity contribution in [2.24, 2.45) is 0 Å². The third-order valence-corrected chi connectivity index (χ3v) is 6.13. The van der Waals surface area contributed by atoms with Crippen LogP contribution in [-0.2, 0) is 0 Å². The van der Waals surface area contributed by atoms with Gasteiger partial charge < -0.3 is 10.2 Å². The lowest BCUT2D eigenvalue weighted by molar-refractivity contribution is 0.0900. The molecule has 0 bridgehead atoms. The maximum atomic E-state index is 13.0. The van der Waals surface area contributed by atoms with E-state index in [0.29, 0.717) is 0 Å². The van der Waals surface area contributed by atoms with Crippen molar-refractivity contribution >= 4 is 6.03 Å². The number of rotatable bonds is 4. The van der Waals surface area contributed by atoms with Gasteiger partial charge in [0.05, 0.1) is 6.04 Å². The molecule has 1 aromatic heterocycles. The third-order valence-electron chi connectivity index (χ3n) is 6.13. The van der Waals surface area contributed by atoms with Crippen molar-refractivity contribution in [1.82, 2.24) is 20.1 Å². The van der Waals surface area contributed by atoms with E-state index in [1.807, 2.05) is 35.2 Å². The van der Waals surface area contributed by atoms with Gasteiger partial charge in [0.2, 0.25) is 0 Å². The van der Waals surface area contributed by atoms with E-state index in [2.05, 4.69) is 27.3 Å². The summed E-state index contributed by atoms with van der Waals surface area (Å²) >= 11 is 0. The van der Waals surface area contributed by atoms with Crippen molar-refractivity contribution in [3.8, 4) is 0 Å². The van der Waals surface area contributed by atoms with Gasteiger partial charge in [-0.15, -0.1) is 0 Å². The Bertz CT molecular complexity index is 698. The lowest BCUT2D eigenvalue weighted by Gasteiger charge is -2.41.